The quantitative estimate of drug-likeness (QED) is 0.555. The number of aromatic nitrogens is 1. The summed E-state index contributed by atoms with van der Waals surface area (Å²) < 4.78 is 5.56. The van der Waals surface area contributed by atoms with Crippen molar-refractivity contribution in [3.05, 3.63) is 70.8 Å². The number of fused-ring (bicyclic) bond motifs is 2. The molecule has 0 amide bonds. The van der Waals surface area contributed by atoms with Gasteiger partial charge in [0.15, 0.2) is 0 Å². The summed E-state index contributed by atoms with van der Waals surface area (Å²) in [5, 5.41) is 11.4. The summed E-state index contributed by atoms with van der Waals surface area (Å²) >= 11 is 0. The molecular formula is C21H18N4O3. The molecule has 7 heteroatoms. The Morgan fingerprint density at radius 1 is 1.29 bits per heavy atom. The van der Waals surface area contributed by atoms with Gasteiger partial charge in [0.05, 0.1) is 17.6 Å². The fourth-order valence-electron chi connectivity index (χ4n) is 3.81. The maximum absolute atomic E-state index is 12.9. The van der Waals surface area contributed by atoms with E-state index in [1.165, 1.54) is 12.1 Å². The van der Waals surface area contributed by atoms with Gasteiger partial charge in [-0.15, -0.1) is 0 Å². The van der Waals surface area contributed by atoms with Crippen molar-refractivity contribution in [2.75, 3.05) is 0 Å². The minimum Gasteiger partial charge on any atom is -0.508 e. The van der Waals surface area contributed by atoms with Crippen LogP contribution in [0.3, 0.4) is 0 Å². The number of aromatic amines is 1. The monoisotopic (exact) mass is 374 g/mol. The maximum atomic E-state index is 12.9. The molecule has 3 N–H and O–H groups in total. The van der Waals surface area contributed by atoms with Crippen LogP contribution in [0, 0.1) is 6.92 Å². The molecule has 1 aliphatic carbocycles. The molecule has 1 unspecified atom stereocenters. The molecular weight excluding hydrogens is 356 g/mol. The molecule has 1 atom stereocenters. The molecule has 0 fully saturated rings. The lowest BCUT2D eigenvalue weighted by Gasteiger charge is -2.31. The highest BCUT2D eigenvalue weighted by Crippen LogP contribution is 2.43. The largest absolute Gasteiger partial charge is 0.508 e. The van der Waals surface area contributed by atoms with Gasteiger partial charge in [0.25, 0.3) is 0 Å². The molecule has 1 aromatic heterocycles. The fraction of sp³-hybridized carbons (Fsp3) is 0.143. The van der Waals surface area contributed by atoms with Gasteiger partial charge in [-0.2, -0.15) is 0 Å². The van der Waals surface area contributed by atoms with Crippen molar-refractivity contribution in [1.82, 2.24) is 15.4 Å². The van der Waals surface area contributed by atoms with Gasteiger partial charge in [-0.3, -0.25) is 15.2 Å². The number of allylic oxidation sites excluding steroid dienone is 2. The van der Waals surface area contributed by atoms with E-state index < -0.39 is 5.92 Å². The zero-order valence-corrected chi connectivity index (χ0v) is 15.1. The first kappa shape index (κ1) is 16.4. The number of aliphatic imine (C=N–C) groups is 1. The van der Waals surface area contributed by atoms with Crippen LogP contribution in [0.5, 0.6) is 11.5 Å². The number of hydrogen-bond acceptors (Lipinski definition) is 6. The SMILES string of the molecule is Cc1[nH]c2c3c1C=CC1=CN=CNN1C3=CCC2C(=O)Oc1ccc(O)cc1. The van der Waals surface area contributed by atoms with E-state index in [0.717, 1.165) is 33.9 Å². The van der Waals surface area contributed by atoms with Gasteiger partial charge in [0, 0.05) is 22.5 Å². The molecule has 0 bridgehead atoms. The Morgan fingerprint density at radius 3 is 2.93 bits per heavy atom. The molecule has 0 saturated heterocycles. The number of aromatic hydroxyl groups is 1. The third-order valence-electron chi connectivity index (χ3n) is 5.14. The number of benzene rings is 1. The Morgan fingerprint density at radius 2 is 2.11 bits per heavy atom. The zero-order valence-electron chi connectivity index (χ0n) is 15.1. The second-order valence-electron chi connectivity index (χ2n) is 6.87. The predicted molar refractivity (Wildman–Crippen MR) is 105 cm³/mol. The summed E-state index contributed by atoms with van der Waals surface area (Å²) in [7, 11) is 0. The number of nitrogens with one attached hydrogen (secondary N) is 2. The average Bonchev–Trinajstić information content (AvgIpc) is 2.93. The lowest BCUT2D eigenvalue weighted by atomic mass is 9.89. The van der Waals surface area contributed by atoms with Crippen LogP contribution in [-0.4, -0.2) is 27.4 Å². The highest BCUT2D eigenvalue weighted by atomic mass is 16.5. The molecule has 3 heterocycles. The average molecular weight is 374 g/mol. The van der Waals surface area contributed by atoms with Crippen LogP contribution in [0.25, 0.3) is 11.8 Å². The summed E-state index contributed by atoms with van der Waals surface area (Å²) in [6.45, 7) is 2.00. The van der Waals surface area contributed by atoms with Crippen molar-refractivity contribution in [3.8, 4) is 11.5 Å². The number of rotatable bonds is 2. The van der Waals surface area contributed by atoms with Crippen molar-refractivity contribution >= 4 is 24.1 Å². The second-order valence-corrected chi connectivity index (χ2v) is 6.87. The van der Waals surface area contributed by atoms with E-state index in [4.69, 9.17) is 4.74 Å². The summed E-state index contributed by atoms with van der Waals surface area (Å²) in [6.07, 6.45) is 10.0. The van der Waals surface area contributed by atoms with E-state index in [1.807, 2.05) is 24.1 Å². The van der Waals surface area contributed by atoms with Gasteiger partial charge in [-0.1, -0.05) is 12.2 Å². The third-order valence-corrected chi connectivity index (χ3v) is 5.14. The standard InChI is InChI=1S/C21H18N4O3/c1-12-16-7-2-13-10-22-11-23-25(13)18-9-8-17(20(24-12)19(16)18)21(27)28-15-5-3-14(26)4-6-15/h2-7,9-11,17,24,26H,8H2,1H3,(H,22,23). The third kappa shape index (κ3) is 2.51. The van der Waals surface area contributed by atoms with Crippen LogP contribution < -0.4 is 10.2 Å². The van der Waals surface area contributed by atoms with E-state index in [-0.39, 0.29) is 11.7 Å². The first-order valence-electron chi connectivity index (χ1n) is 9.02. The number of aryl methyl sites for hydroxylation is 1. The molecule has 28 heavy (non-hydrogen) atoms. The Balaban J connectivity index is 1.52. The topological polar surface area (TPSA) is 90.0 Å². The first-order valence-corrected chi connectivity index (χ1v) is 9.02. The van der Waals surface area contributed by atoms with Crippen LogP contribution >= 0.6 is 0 Å². The Labute approximate surface area is 161 Å². The van der Waals surface area contributed by atoms with E-state index in [2.05, 4.69) is 21.5 Å². The van der Waals surface area contributed by atoms with Crippen molar-refractivity contribution in [2.45, 2.75) is 19.3 Å². The highest BCUT2D eigenvalue weighted by Gasteiger charge is 2.36. The second kappa shape index (κ2) is 6.16. The molecule has 3 aliphatic rings. The molecule has 2 aromatic rings. The van der Waals surface area contributed by atoms with Crippen LogP contribution in [0.15, 0.2) is 53.3 Å². The van der Waals surface area contributed by atoms with E-state index in [1.54, 1.807) is 24.7 Å². The van der Waals surface area contributed by atoms with E-state index >= 15 is 0 Å². The van der Waals surface area contributed by atoms with Gasteiger partial charge in [-0.05, 0) is 43.7 Å². The van der Waals surface area contributed by atoms with Crippen molar-refractivity contribution < 1.29 is 14.6 Å². The Kier molecular flexibility index (Phi) is 3.61. The van der Waals surface area contributed by atoms with Gasteiger partial charge in [0.1, 0.15) is 23.8 Å². The number of carbonyl (C=O) groups excluding carboxylic acids is 1. The number of phenolic OH excluding ortho intramolecular Hbond substituents is 1. The van der Waals surface area contributed by atoms with Gasteiger partial charge in [0.2, 0.25) is 0 Å². The molecule has 5 rings (SSSR count). The molecule has 2 aliphatic heterocycles. The van der Waals surface area contributed by atoms with Crippen LogP contribution in [0.4, 0.5) is 0 Å². The molecule has 0 spiro atoms. The Bertz CT molecular complexity index is 1090. The number of carbonyl (C=O) groups is 1. The first-order chi connectivity index (χ1) is 13.6. The normalized spacial score (nSPS) is 19.0. The predicted octanol–water partition coefficient (Wildman–Crippen LogP) is 3.18. The molecule has 1 aromatic carbocycles. The van der Waals surface area contributed by atoms with Crippen molar-refractivity contribution in [2.24, 2.45) is 4.99 Å². The fourth-order valence-corrected chi connectivity index (χ4v) is 3.81. The smallest absolute Gasteiger partial charge is 0.320 e. The number of phenols is 1. The summed E-state index contributed by atoms with van der Waals surface area (Å²) in [6, 6.07) is 6.15. The van der Waals surface area contributed by atoms with Crippen LogP contribution in [0.1, 0.15) is 34.9 Å². The Hall–Kier alpha value is -3.74. The lowest BCUT2D eigenvalue weighted by molar-refractivity contribution is -0.136. The lowest BCUT2D eigenvalue weighted by Crippen LogP contribution is -2.37. The van der Waals surface area contributed by atoms with Crippen molar-refractivity contribution in [3.63, 3.8) is 0 Å². The maximum Gasteiger partial charge on any atom is 0.320 e. The molecule has 0 radical (unpaired) electrons. The number of hydrazine groups is 1. The molecule has 140 valence electrons. The summed E-state index contributed by atoms with van der Waals surface area (Å²) in [5.41, 5.74) is 8.99. The number of nitrogens with zero attached hydrogens (tertiary/aromatic N) is 2. The minimum absolute atomic E-state index is 0.128. The van der Waals surface area contributed by atoms with E-state index in [0.29, 0.717) is 12.2 Å². The van der Waals surface area contributed by atoms with Gasteiger partial charge >= 0.3 is 5.97 Å². The summed E-state index contributed by atoms with van der Waals surface area (Å²) in [5.74, 6) is -0.228. The summed E-state index contributed by atoms with van der Waals surface area (Å²) in [4.78, 5) is 20.5. The van der Waals surface area contributed by atoms with Crippen LogP contribution in [-0.2, 0) is 4.79 Å². The number of ether oxygens (including phenoxy) is 1. The minimum atomic E-state index is -0.433. The van der Waals surface area contributed by atoms with Crippen molar-refractivity contribution in [1.29, 1.82) is 0 Å². The highest BCUT2D eigenvalue weighted by molar-refractivity contribution is 5.89. The number of esters is 1. The van der Waals surface area contributed by atoms with Crippen LogP contribution in [0.2, 0.25) is 0 Å². The van der Waals surface area contributed by atoms with E-state index in [9.17, 15) is 9.90 Å². The number of hydrogen-bond donors (Lipinski definition) is 3. The van der Waals surface area contributed by atoms with Gasteiger partial charge < -0.3 is 14.8 Å². The number of H-pyrrole nitrogens is 1. The molecule has 7 nitrogen and oxygen atoms in total. The zero-order chi connectivity index (χ0) is 19.3. The van der Waals surface area contributed by atoms with Gasteiger partial charge in [-0.25, -0.2) is 4.99 Å². The molecule has 0 saturated carbocycles.